The van der Waals surface area contributed by atoms with Crippen LogP contribution in [0.2, 0.25) is 0 Å². The molecule has 0 saturated heterocycles. The summed E-state index contributed by atoms with van der Waals surface area (Å²) in [5.41, 5.74) is 0.279. The Kier molecular flexibility index (Phi) is 5.93. The number of anilines is 1. The van der Waals surface area contributed by atoms with Crippen LogP contribution in [0, 0.1) is 34.5 Å². The van der Waals surface area contributed by atoms with Crippen LogP contribution in [0.15, 0.2) is 41.3 Å². The summed E-state index contributed by atoms with van der Waals surface area (Å²) in [4.78, 5) is 28.3. The molecule has 0 aromatic heterocycles. The molecule has 1 aliphatic heterocycles. The molecule has 5 rings (SSSR count). The molecule has 1 aromatic rings. The maximum atomic E-state index is 13.6. The third-order valence-electron chi connectivity index (χ3n) is 10.2. The van der Waals surface area contributed by atoms with Gasteiger partial charge in [-0.2, -0.15) is 0 Å². The second-order valence-electron chi connectivity index (χ2n) is 11.7. The summed E-state index contributed by atoms with van der Waals surface area (Å²) in [5, 5.41) is 2.99. The van der Waals surface area contributed by atoms with Crippen molar-refractivity contribution in [1.82, 2.24) is 4.90 Å². The SMILES string of the molecule is CCN1C(=O)C=C[C@@]2(C)C1CC[C@@H]1[C@H]2CC[C@]2(C)C(C(=O)Nc3ccccc3S(C)(=O)=O)CC[C@@H]12. The molecule has 3 saturated carbocycles. The number of para-hydroxylation sites is 1. The van der Waals surface area contributed by atoms with E-state index in [9.17, 15) is 18.0 Å². The van der Waals surface area contributed by atoms with Crippen LogP contribution in [0.3, 0.4) is 0 Å². The van der Waals surface area contributed by atoms with Gasteiger partial charge in [-0.15, -0.1) is 0 Å². The van der Waals surface area contributed by atoms with E-state index in [0.717, 1.165) is 45.1 Å². The number of hydrogen-bond donors (Lipinski definition) is 1. The molecule has 0 spiro atoms. The fourth-order valence-electron chi connectivity index (χ4n) is 8.52. The van der Waals surface area contributed by atoms with Crippen molar-refractivity contribution >= 4 is 27.3 Å². The summed E-state index contributed by atoms with van der Waals surface area (Å²) >= 11 is 0. The number of likely N-dealkylation sites (N-methyl/N-ethyl adjacent to an activating group) is 1. The van der Waals surface area contributed by atoms with Crippen LogP contribution in [-0.4, -0.2) is 44.0 Å². The zero-order chi connectivity index (χ0) is 25.2. The zero-order valence-corrected chi connectivity index (χ0v) is 22.1. The van der Waals surface area contributed by atoms with E-state index in [-0.39, 0.29) is 39.5 Å². The van der Waals surface area contributed by atoms with E-state index in [0.29, 0.717) is 23.4 Å². The van der Waals surface area contributed by atoms with Crippen molar-refractivity contribution in [3.05, 3.63) is 36.4 Å². The Morgan fingerprint density at radius 3 is 2.54 bits per heavy atom. The molecule has 2 unspecified atom stereocenters. The first-order valence-corrected chi connectivity index (χ1v) is 15.0. The van der Waals surface area contributed by atoms with E-state index < -0.39 is 9.84 Å². The van der Waals surface area contributed by atoms with E-state index in [1.807, 2.05) is 0 Å². The number of amides is 2. The van der Waals surface area contributed by atoms with Crippen LogP contribution >= 0.6 is 0 Å². The predicted octanol–water partition coefficient (Wildman–Crippen LogP) is 4.67. The lowest BCUT2D eigenvalue weighted by atomic mass is 9.47. The highest BCUT2D eigenvalue weighted by atomic mass is 32.2. The molecule has 3 fully saturated rings. The van der Waals surface area contributed by atoms with Gasteiger partial charge in [-0.1, -0.05) is 32.1 Å². The molecule has 0 bridgehead atoms. The number of sulfone groups is 1. The van der Waals surface area contributed by atoms with Gasteiger partial charge in [0.15, 0.2) is 9.84 Å². The molecule has 1 aromatic carbocycles. The second kappa shape index (κ2) is 8.46. The Labute approximate surface area is 209 Å². The van der Waals surface area contributed by atoms with Crippen LogP contribution < -0.4 is 5.32 Å². The molecular weight excluding hydrogens is 460 g/mol. The van der Waals surface area contributed by atoms with Gasteiger partial charge in [-0.05, 0) is 86.8 Å². The van der Waals surface area contributed by atoms with Crippen LogP contribution in [0.25, 0.3) is 0 Å². The minimum absolute atomic E-state index is 0.0110. The van der Waals surface area contributed by atoms with E-state index >= 15 is 0 Å². The van der Waals surface area contributed by atoms with Crippen molar-refractivity contribution in [3.63, 3.8) is 0 Å². The third kappa shape index (κ3) is 3.76. The average molecular weight is 499 g/mol. The fourth-order valence-corrected chi connectivity index (χ4v) is 9.36. The first kappa shape index (κ1) is 24.5. The Morgan fingerprint density at radius 2 is 1.83 bits per heavy atom. The molecule has 35 heavy (non-hydrogen) atoms. The number of rotatable bonds is 4. The topological polar surface area (TPSA) is 83.6 Å². The number of fused-ring (bicyclic) bond motifs is 5. The van der Waals surface area contributed by atoms with Crippen molar-refractivity contribution in [2.24, 2.45) is 34.5 Å². The molecule has 0 radical (unpaired) electrons. The Hall–Kier alpha value is -2.15. The maximum Gasteiger partial charge on any atom is 0.246 e. The highest BCUT2D eigenvalue weighted by Crippen LogP contribution is 2.65. The summed E-state index contributed by atoms with van der Waals surface area (Å²) in [7, 11) is -3.44. The molecule has 7 atom stereocenters. The van der Waals surface area contributed by atoms with E-state index in [2.05, 4.69) is 37.1 Å². The van der Waals surface area contributed by atoms with Crippen LogP contribution in [0.1, 0.15) is 59.3 Å². The van der Waals surface area contributed by atoms with Crippen molar-refractivity contribution in [2.75, 3.05) is 18.1 Å². The third-order valence-corrected chi connectivity index (χ3v) is 11.3. The van der Waals surface area contributed by atoms with Gasteiger partial charge in [-0.3, -0.25) is 9.59 Å². The lowest BCUT2D eigenvalue weighted by Crippen LogP contribution is -2.60. The monoisotopic (exact) mass is 498 g/mol. The number of nitrogens with zero attached hydrogens (tertiary/aromatic N) is 1. The first-order chi connectivity index (χ1) is 16.5. The summed E-state index contributed by atoms with van der Waals surface area (Å²) < 4.78 is 24.5. The smallest absolute Gasteiger partial charge is 0.246 e. The molecule has 6 nitrogen and oxygen atoms in total. The average Bonchev–Trinajstić information content (AvgIpc) is 3.16. The van der Waals surface area contributed by atoms with E-state index in [1.54, 1.807) is 30.3 Å². The molecule has 1 N–H and O–H groups in total. The summed E-state index contributed by atoms with van der Waals surface area (Å²) in [6.07, 6.45) is 11.2. The van der Waals surface area contributed by atoms with Crippen molar-refractivity contribution in [3.8, 4) is 0 Å². The van der Waals surface area contributed by atoms with Crippen molar-refractivity contribution in [2.45, 2.75) is 70.2 Å². The van der Waals surface area contributed by atoms with Crippen LogP contribution in [0.4, 0.5) is 5.69 Å². The standard InChI is InChI=1S/C28H38N2O4S/c1-5-30-24-13-10-18-19-11-12-21(26(32)29-22-8-6-7-9-23(22)35(4,33)34)27(19,2)16-14-20(18)28(24,3)17-15-25(30)31/h6-9,15,17-21,24H,5,10-14,16H2,1-4H3,(H,29,32)/t18-,19-,20+,21?,24?,27-,28+/m0/s1. The highest BCUT2D eigenvalue weighted by Gasteiger charge is 2.61. The van der Waals surface area contributed by atoms with Crippen LogP contribution in [0.5, 0.6) is 0 Å². The largest absolute Gasteiger partial charge is 0.336 e. The van der Waals surface area contributed by atoms with Gasteiger partial charge in [0.05, 0.1) is 10.6 Å². The lowest BCUT2D eigenvalue weighted by molar-refractivity contribution is -0.143. The minimum atomic E-state index is -3.44. The molecule has 3 aliphatic carbocycles. The van der Waals surface area contributed by atoms with Gasteiger partial charge >= 0.3 is 0 Å². The van der Waals surface area contributed by atoms with E-state index in [1.165, 1.54) is 6.26 Å². The lowest BCUT2D eigenvalue weighted by Gasteiger charge is -2.60. The summed E-state index contributed by atoms with van der Waals surface area (Å²) in [6, 6.07) is 6.94. The molecule has 4 aliphatic rings. The van der Waals surface area contributed by atoms with Gasteiger partial charge in [0.1, 0.15) is 0 Å². The minimum Gasteiger partial charge on any atom is -0.336 e. The summed E-state index contributed by atoms with van der Waals surface area (Å²) in [5.74, 6) is 1.51. The van der Waals surface area contributed by atoms with Gasteiger partial charge in [-0.25, -0.2) is 8.42 Å². The predicted molar refractivity (Wildman–Crippen MR) is 136 cm³/mol. The molecule has 7 heteroatoms. The Morgan fingerprint density at radius 1 is 1.09 bits per heavy atom. The first-order valence-electron chi connectivity index (χ1n) is 13.1. The molecular formula is C28H38N2O4S. The van der Waals surface area contributed by atoms with Crippen molar-refractivity contribution < 1.29 is 18.0 Å². The van der Waals surface area contributed by atoms with Gasteiger partial charge in [0, 0.05) is 30.2 Å². The number of nitrogens with one attached hydrogen (secondary N) is 1. The molecule has 2 amide bonds. The number of hydrogen-bond acceptors (Lipinski definition) is 4. The van der Waals surface area contributed by atoms with Gasteiger partial charge in [0.2, 0.25) is 11.8 Å². The molecule has 190 valence electrons. The Balaban J connectivity index is 1.39. The normalized spacial score (nSPS) is 38.5. The highest BCUT2D eigenvalue weighted by molar-refractivity contribution is 7.90. The van der Waals surface area contributed by atoms with Crippen molar-refractivity contribution in [1.29, 1.82) is 0 Å². The second-order valence-corrected chi connectivity index (χ2v) is 13.7. The zero-order valence-electron chi connectivity index (χ0n) is 21.3. The number of carbonyl (C=O) groups excluding carboxylic acids is 2. The molecule has 1 heterocycles. The van der Waals surface area contributed by atoms with E-state index in [4.69, 9.17) is 0 Å². The number of benzene rings is 1. The Bertz CT molecular complexity index is 1180. The van der Waals surface area contributed by atoms with Gasteiger partial charge < -0.3 is 10.2 Å². The fraction of sp³-hybridized carbons (Fsp3) is 0.643. The van der Waals surface area contributed by atoms with Gasteiger partial charge in [0.25, 0.3) is 0 Å². The quantitative estimate of drug-likeness (QED) is 0.654. The maximum absolute atomic E-state index is 13.6. The summed E-state index contributed by atoms with van der Waals surface area (Å²) in [6.45, 7) is 7.47. The number of carbonyl (C=O) groups is 2. The van der Waals surface area contributed by atoms with Crippen LogP contribution in [-0.2, 0) is 19.4 Å².